The zero-order chi connectivity index (χ0) is 35.5. The first kappa shape index (κ1) is 38.0. The summed E-state index contributed by atoms with van der Waals surface area (Å²) in [5.41, 5.74) is 4.38. The molecule has 2 aromatic carbocycles. The molecule has 4 heterocycles. The highest BCUT2D eigenvalue weighted by Crippen LogP contribution is 2.26. The average Bonchev–Trinajstić information content (AvgIpc) is 3.73. The number of aromatic nitrogens is 4. The number of halogens is 1. The number of H-pyrrole nitrogens is 2. The standard InChI is InChI=1S/C19H22N2O2S.C16H16N2O2S.C3H7Br/c1-4-7-23-13-5-6-14-15(9-13)20-16(10-18(14)22)17-11-24-19(21-17)8-12(2)3;1-9(2)5-16-18-14(8-21-16)13-7-15(20)11-4-3-10(19)6-12(11)17-13;1-2-3-4/h5-6,9-12H,4,7-8H2,1-3H3,(H,20,22);3-4,6-9,19H,5H2,1-2H3,(H,17,20);2-3H2,1H3. The van der Waals surface area contributed by atoms with Gasteiger partial charge in [0, 0.05) is 64.0 Å². The van der Waals surface area contributed by atoms with Crippen LogP contribution in [-0.2, 0) is 12.8 Å². The summed E-state index contributed by atoms with van der Waals surface area (Å²) in [5.74, 6) is 2.03. The van der Waals surface area contributed by atoms with Crippen molar-refractivity contribution in [1.82, 2.24) is 19.9 Å². The summed E-state index contributed by atoms with van der Waals surface area (Å²) in [4.78, 5) is 40.3. The Hall–Kier alpha value is -3.80. The fraction of sp³-hybridized carbons (Fsp3) is 0.368. The molecule has 0 amide bonds. The second-order valence-corrected chi connectivity index (χ2v) is 15.2. The van der Waals surface area contributed by atoms with Gasteiger partial charge in [-0.15, -0.1) is 22.7 Å². The van der Waals surface area contributed by atoms with Crippen LogP contribution in [0.25, 0.3) is 44.6 Å². The number of phenols is 1. The summed E-state index contributed by atoms with van der Waals surface area (Å²) in [7, 11) is 0. The molecule has 0 fully saturated rings. The molecule has 0 spiro atoms. The van der Waals surface area contributed by atoms with E-state index in [1.807, 2.05) is 29.0 Å². The van der Waals surface area contributed by atoms with Crippen LogP contribution < -0.4 is 15.6 Å². The van der Waals surface area contributed by atoms with Gasteiger partial charge < -0.3 is 19.8 Å². The van der Waals surface area contributed by atoms with Crippen LogP contribution in [0.3, 0.4) is 0 Å². The van der Waals surface area contributed by atoms with E-state index in [0.717, 1.165) is 63.0 Å². The normalized spacial score (nSPS) is 11.0. The third kappa shape index (κ3) is 10.8. The summed E-state index contributed by atoms with van der Waals surface area (Å²) in [6, 6.07) is 13.4. The number of aromatic amines is 2. The van der Waals surface area contributed by atoms with E-state index in [1.54, 1.807) is 46.9 Å². The number of aromatic hydroxyl groups is 1. The van der Waals surface area contributed by atoms with Gasteiger partial charge in [-0.1, -0.05) is 57.5 Å². The van der Waals surface area contributed by atoms with Gasteiger partial charge in [0.2, 0.25) is 0 Å². The SMILES string of the molecule is CC(C)Cc1nc(-c2cc(=O)c3ccc(O)cc3[nH]2)cs1.CCCBr.CCCOc1ccc2c(=O)cc(-c3csc(CC(C)C)n3)[nH]c2c1. The number of benzene rings is 2. The molecule has 0 atom stereocenters. The molecule has 0 bridgehead atoms. The van der Waals surface area contributed by atoms with Crippen molar-refractivity contribution in [3.05, 3.63) is 89.8 Å². The van der Waals surface area contributed by atoms with E-state index in [1.165, 1.54) is 12.5 Å². The van der Waals surface area contributed by atoms with Crippen molar-refractivity contribution in [1.29, 1.82) is 0 Å². The fourth-order valence-corrected chi connectivity index (χ4v) is 6.83. The molecule has 0 radical (unpaired) electrons. The molecule has 0 aliphatic rings. The lowest BCUT2D eigenvalue weighted by molar-refractivity contribution is 0.318. The van der Waals surface area contributed by atoms with Crippen molar-refractivity contribution in [2.45, 2.75) is 67.2 Å². The second-order valence-electron chi connectivity index (χ2n) is 12.5. The molecule has 6 rings (SSSR count). The third-order valence-electron chi connectivity index (χ3n) is 7.10. The van der Waals surface area contributed by atoms with Gasteiger partial charge in [0.1, 0.15) is 11.5 Å². The largest absolute Gasteiger partial charge is 0.508 e. The van der Waals surface area contributed by atoms with Crippen LogP contribution in [0.2, 0.25) is 0 Å². The highest BCUT2D eigenvalue weighted by molar-refractivity contribution is 9.09. The number of alkyl halides is 1. The maximum absolute atomic E-state index is 12.4. The van der Waals surface area contributed by atoms with Crippen molar-refractivity contribution < 1.29 is 9.84 Å². The lowest BCUT2D eigenvalue weighted by atomic mass is 10.1. The molecule has 260 valence electrons. The van der Waals surface area contributed by atoms with Gasteiger partial charge in [-0.05, 0) is 48.9 Å². The first-order valence-electron chi connectivity index (χ1n) is 16.6. The summed E-state index contributed by atoms with van der Waals surface area (Å²) in [6.45, 7) is 13.5. The number of hydrogen-bond donors (Lipinski definition) is 3. The Morgan fingerprint density at radius 3 is 1.71 bits per heavy atom. The number of hydrogen-bond acceptors (Lipinski definition) is 8. The lowest BCUT2D eigenvalue weighted by Crippen LogP contribution is -2.04. The minimum Gasteiger partial charge on any atom is -0.508 e. The number of nitrogens with zero attached hydrogens (tertiary/aromatic N) is 2. The van der Waals surface area contributed by atoms with Gasteiger partial charge in [0.05, 0.1) is 50.4 Å². The molecule has 11 heteroatoms. The van der Waals surface area contributed by atoms with Crippen molar-refractivity contribution in [2.24, 2.45) is 11.8 Å². The quantitative estimate of drug-likeness (QED) is 0.119. The molecular formula is C38H45BrN4O4S2. The van der Waals surface area contributed by atoms with Gasteiger partial charge in [-0.25, -0.2) is 9.97 Å². The lowest BCUT2D eigenvalue weighted by Gasteiger charge is -2.07. The van der Waals surface area contributed by atoms with E-state index >= 15 is 0 Å². The monoisotopic (exact) mass is 764 g/mol. The molecule has 6 aromatic rings. The Kier molecular flexibility index (Phi) is 14.2. The first-order valence-corrected chi connectivity index (χ1v) is 19.5. The van der Waals surface area contributed by atoms with Crippen LogP contribution in [-0.4, -0.2) is 37.0 Å². The van der Waals surface area contributed by atoms with Gasteiger partial charge in [0.25, 0.3) is 0 Å². The number of ether oxygens (including phenoxy) is 1. The van der Waals surface area contributed by atoms with E-state index in [4.69, 9.17) is 4.74 Å². The molecule has 0 aliphatic heterocycles. The van der Waals surface area contributed by atoms with Crippen molar-refractivity contribution in [2.75, 3.05) is 11.9 Å². The van der Waals surface area contributed by atoms with Gasteiger partial charge in [-0.2, -0.15) is 0 Å². The van der Waals surface area contributed by atoms with Crippen molar-refractivity contribution in [3.63, 3.8) is 0 Å². The smallest absolute Gasteiger partial charge is 0.190 e. The molecule has 4 aromatic heterocycles. The Morgan fingerprint density at radius 1 is 0.755 bits per heavy atom. The van der Waals surface area contributed by atoms with Crippen LogP contribution in [0.1, 0.15) is 64.4 Å². The summed E-state index contributed by atoms with van der Waals surface area (Å²) >= 11 is 6.49. The molecule has 0 aliphatic carbocycles. The molecule has 0 unspecified atom stereocenters. The fourth-order valence-electron chi connectivity index (χ4n) is 4.81. The molecule has 3 N–H and O–H groups in total. The predicted octanol–water partition coefficient (Wildman–Crippen LogP) is 9.99. The summed E-state index contributed by atoms with van der Waals surface area (Å²) in [5, 5.41) is 18.0. The number of pyridine rings is 2. The minimum atomic E-state index is -0.0721. The predicted molar refractivity (Wildman–Crippen MR) is 210 cm³/mol. The Bertz CT molecular complexity index is 2080. The number of fused-ring (bicyclic) bond motifs is 2. The summed E-state index contributed by atoms with van der Waals surface area (Å²) in [6.07, 6.45) is 4.08. The molecule has 0 saturated heterocycles. The molecular weight excluding hydrogens is 720 g/mol. The van der Waals surface area contributed by atoms with Crippen LogP contribution in [0, 0.1) is 11.8 Å². The topological polar surface area (TPSA) is 121 Å². The number of nitrogens with one attached hydrogen (secondary N) is 2. The Labute approximate surface area is 303 Å². The molecule has 0 saturated carbocycles. The maximum Gasteiger partial charge on any atom is 0.190 e. The highest BCUT2D eigenvalue weighted by Gasteiger charge is 2.11. The van der Waals surface area contributed by atoms with Gasteiger partial charge in [0.15, 0.2) is 10.9 Å². The zero-order valence-corrected chi connectivity index (χ0v) is 32.2. The van der Waals surface area contributed by atoms with E-state index in [2.05, 4.69) is 77.4 Å². The van der Waals surface area contributed by atoms with E-state index < -0.39 is 0 Å². The maximum atomic E-state index is 12.4. The third-order valence-corrected chi connectivity index (χ3v) is 9.63. The Balaban J connectivity index is 0.000000201. The molecule has 49 heavy (non-hydrogen) atoms. The second kappa shape index (κ2) is 18.3. The Morgan fingerprint density at radius 2 is 1.24 bits per heavy atom. The van der Waals surface area contributed by atoms with Gasteiger partial charge in [-0.3, -0.25) is 9.59 Å². The number of phenolic OH excluding ortho intramolecular Hbond substituents is 1. The minimum absolute atomic E-state index is 0.000740. The van der Waals surface area contributed by atoms with Crippen molar-refractivity contribution in [3.8, 4) is 34.3 Å². The number of thiazole rings is 2. The average molecular weight is 766 g/mol. The van der Waals surface area contributed by atoms with E-state index in [-0.39, 0.29) is 16.6 Å². The van der Waals surface area contributed by atoms with Crippen molar-refractivity contribution >= 4 is 60.4 Å². The first-order chi connectivity index (χ1) is 23.5. The van der Waals surface area contributed by atoms with Gasteiger partial charge >= 0.3 is 0 Å². The van der Waals surface area contributed by atoms with Crippen LogP contribution in [0.15, 0.2) is 68.9 Å². The van der Waals surface area contributed by atoms with Crippen LogP contribution in [0.4, 0.5) is 0 Å². The number of rotatable bonds is 10. The van der Waals surface area contributed by atoms with E-state index in [0.29, 0.717) is 40.4 Å². The molecule has 8 nitrogen and oxygen atoms in total. The van der Waals surface area contributed by atoms with Crippen LogP contribution in [0.5, 0.6) is 11.5 Å². The zero-order valence-electron chi connectivity index (χ0n) is 28.9. The van der Waals surface area contributed by atoms with Crippen LogP contribution >= 0.6 is 38.6 Å². The van der Waals surface area contributed by atoms with E-state index in [9.17, 15) is 14.7 Å². The highest BCUT2D eigenvalue weighted by atomic mass is 79.9. The summed E-state index contributed by atoms with van der Waals surface area (Å²) < 4.78 is 5.66.